The second-order valence-electron chi connectivity index (χ2n) is 7.59. The van der Waals surface area contributed by atoms with Crippen molar-refractivity contribution in [2.75, 3.05) is 13.6 Å². The van der Waals surface area contributed by atoms with Gasteiger partial charge in [0.25, 0.3) is 5.56 Å². The maximum Gasteiger partial charge on any atom is 0.258 e. The average molecular weight is 340 g/mol. The Kier molecular flexibility index (Phi) is 4.07. The highest BCUT2D eigenvalue weighted by Crippen LogP contribution is 2.38. The quantitative estimate of drug-likeness (QED) is 0.916. The zero-order valence-electron chi connectivity index (χ0n) is 14.7. The summed E-state index contributed by atoms with van der Waals surface area (Å²) in [6.45, 7) is 3.43. The number of amides is 1. The van der Waals surface area contributed by atoms with Gasteiger partial charge in [0.05, 0.1) is 5.69 Å². The molecular weight excluding hydrogens is 316 g/mol. The third kappa shape index (κ3) is 3.18. The van der Waals surface area contributed by atoms with Crippen LogP contribution in [0.1, 0.15) is 30.5 Å². The molecule has 1 saturated carbocycles. The summed E-state index contributed by atoms with van der Waals surface area (Å²) in [6.07, 6.45) is 4.64. The molecule has 1 aliphatic heterocycles. The van der Waals surface area contributed by atoms with Crippen LogP contribution in [0.4, 0.5) is 0 Å². The molecule has 6 heteroatoms. The highest BCUT2D eigenvalue weighted by atomic mass is 16.1. The molecule has 1 amide bonds. The van der Waals surface area contributed by atoms with Crippen LogP contribution in [0.5, 0.6) is 0 Å². The fourth-order valence-corrected chi connectivity index (χ4v) is 4.32. The van der Waals surface area contributed by atoms with Gasteiger partial charge in [-0.25, -0.2) is 4.98 Å². The van der Waals surface area contributed by atoms with Crippen LogP contribution in [0.25, 0.3) is 5.65 Å². The van der Waals surface area contributed by atoms with Crippen molar-refractivity contribution < 1.29 is 4.79 Å². The second kappa shape index (κ2) is 6.26. The lowest BCUT2D eigenvalue weighted by Crippen LogP contribution is -2.38. The fourth-order valence-electron chi connectivity index (χ4n) is 4.32. The van der Waals surface area contributed by atoms with E-state index in [1.165, 1.54) is 0 Å². The Hall–Kier alpha value is -2.21. The summed E-state index contributed by atoms with van der Waals surface area (Å²) in [4.78, 5) is 30.9. The first-order valence-corrected chi connectivity index (χ1v) is 8.95. The van der Waals surface area contributed by atoms with Crippen molar-refractivity contribution in [3.8, 4) is 0 Å². The maximum atomic E-state index is 12.4. The van der Waals surface area contributed by atoms with E-state index in [0.717, 1.165) is 30.6 Å². The van der Waals surface area contributed by atoms with E-state index in [9.17, 15) is 9.59 Å². The average Bonchev–Trinajstić information content (AvgIpc) is 2.99. The number of rotatable bonds is 3. The number of hydrogen-bond acceptors (Lipinski definition) is 4. The van der Waals surface area contributed by atoms with Gasteiger partial charge in [-0.3, -0.25) is 18.9 Å². The number of aromatic nitrogens is 2. The SMILES string of the molecule is Cc1ccc2nc(CN(C)[C@H]3C[C@H]4CNC(=O)C[C@H]4C3)cc(=O)n2c1. The minimum Gasteiger partial charge on any atom is -0.356 e. The number of carbonyl (C=O) groups excluding carboxylic acids is 1. The lowest BCUT2D eigenvalue weighted by atomic mass is 9.89. The summed E-state index contributed by atoms with van der Waals surface area (Å²) in [7, 11) is 2.09. The van der Waals surface area contributed by atoms with Crippen LogP contribution in [0.2, 0.25) is 0 Å². The predicted octanol–water partition coefficient (Wildman–Crippen LogP) is 1.35. The van der Waals surface area contributed by atoms with E-state index in [0.29, 0.717) is 36.5 Å². The second-order valence-corrected chi connectivity index (χ2v) is 7.59. The summed E-state index contributed by atoms with van der Waals surface area (Å²) < 4.78 is 1.60. The van der Waals surface area contributed by atoms with Gasteiger partial charge in [-0.15, -0.1) is 0 Å². The van der Waals surface area contributed by atoms with Crippen molar-refractivity contribution in [2.24, 2.45) is 11.8 Å². The van der Waals surface area contributed by atoms with E-state index in [1.807, 2.05) is 25.3 Å². The molecule has 2 aromatic rings. The minimum atomic E-state index is -0.0352. The van der Waals surface area contributed by atoms with E-state index in [4.69, 9.17) is 0 Å². The van der Waals surface area contributed by atoms with Crippen molar-refractivity contribution >= 4 is 11.6 Å². The van der Waals surface area contributed by atoms with Gasteiger partial charge in [-0.05, 0) is 50.3 Å². The van der Waals surface area contributed by atoms with Gasteiger partial charge >= 0.3 is 0 Å². The lowest BCUT2D eigenvalue weighted by molar-refractivity contribution is -0.124. The van der Waals surface area contributed by atoms with Crippen molar-refractivity contribution in [3.05, 3.63) is 46.0 Å². The molecule has 1 N–H and O–H groups in total. The Labute approximate surface area is 146 Å². The van der Waals surface area contributed by atoms with E-state index >= 15 is 0 Å². The molecule has 0 bridgehead atoms. The highest BCUT2D eigenvalue weighted by molar-refractivity contribution is 5.77. The molecule has 0 unspecified atom stereocenters. The van der Waals surface area contributed by atoms with Crippen molar-refractivity contribution in [3.63, 3.8) is 0 Å². The molecule has 0 spiro atoms. The van der Waals surface area contributed by atoms with E-state index in [1.54, 1.807) is 10.5 Å². The Bertz CT molecular complexity index is 875. The topological polar surface area (TPSA) is 66.7 Å². The van der Waals surface area contributed by atoms with Crippen LogP contribution in [0, 0.1) is 18.8 Å². The summed E-state index contributed by atoms with van der Waals surface area (Å²) in [5.41, 5.74) is 2.50. The molecule has 0 aromatic carbocycles. The Morgan fingerprint density at radius 1 is 1.28 bits per heavy atom. The zero-order chi connectivity index (χ0) is 17.6. The lowest BCUT2D eigenvalue weighted by Gasteiger charge is -2.24. The highest BCUT2D eigenvalue weighted by Gasteiger charge is 2.39. The number of fused-ring (bicyclic) bond motifs is 2. The third-order valence-corrected chi connectivity index (χ3v) is 5.72. The van der Waals surface area contributed by atoms with Crippen molar-refractivity contribution in [1.82, 2.24) is 19.6 Å². The summed E-state index contributed by atoms with van der Waals surface area (Å²) >= 11 is 0. The normalized spacial score (nSPS) is 26.0. The first-order chi connectivity index (χ1) is 12.0. The van der Waals surface area contributed by atoms with Gasteiger partial charge in [0.15, 0.2) is 0 Å². The monoisotopic (exact) mass is 340 g/mol. The number of piperidine rings is 1. The molecule has 4 rings (SSSR count). The molecule has 1 aliphatic carbocycles. The predicted molar refractivity (Wildman–Crippen MR) is 95.3 cm³/mol. The molecule has 2 aromatic heterocycles. The molecule has 2 aliphatic rings. The summed E-state index contributed by atoms with van der Waals surface area (Å²) in [5, 5.41) is 2.98. The molecule has 3 heterocycles. The molecule has 6 nitrogen and oxygen atoms in total. The van der Waals surface area contributed by atoms with Crippen molar-refractivity contribution in [2.45, 2.75) is 38.8 Å². The van der Waals surface area contributed by atoms with Gasteiger partial charge in [-0.2, -0.15) is 0 Å². The number of hydrogen-bond donors (Lipinski definition) is 1. The largest absolute Gasteiger partial charge is 0.356 e. The number of nitrogens with one attached hydrogen (secondary N) is 1. The maximum absolute atomic E-state index is 12.4. The van der Waals surface area contributed by atoms with Crippen LogP contribution in [-0.2, 0) is 11.3 Å². The van der Waals surface area contributed by atoms with Crippen LogP contribution >= 0.6 is 0 Å². The zero-order valence-corrected chi connectivity index (χ0v) is 14.7. The fraction of sp³-hybridized carbons (Fsp3) is 0.526. The Balaban J connectivity index is 1.50. The summed E-state index contributed by atoms with van der Waals surface area (Å²) in [6, 6.07) is 5.94. The van der Waals surface area contributed by atoms with E-state index in [-0.39, 0.29) is 11.5 Å². The Morgan fingerprint density at radius 2 is 2.08 bits per heavy atom. The molecule has 132 valence electrons. The molecule has 3 atom stereocenters. The molecule has 0 radical (unpaired) electrons. The third-order valence-electron chi connectivity index (χ3n) is 5.72. The van der Waals surface area contributed by atoms with Crippen LogP contribution < -0.4 is 10.9 Å². The molecule has 2 fully saturated rings. The van der Waals surface area contributed by atoms with E-state index < -0.39 is 0 Å². The molecule has 25 heavy (non-hydrogen) atoms. The van der Waals surface area contributed by atoms with Gasteiger partial charge in [-0.1, -0.05) is 6.07 Å². The van der Waals surface area contributed by atoms with E-state index in [2.05, 4.69) is 22.2 Å². The number of aryl methyl sites for hydroxylation is 1. The van der Waals surface area contributed by atoms with Crippen molar-refractivity contribution in [1.29, 1.82) is 0 Å². The van der Waals surface area contributed by atoms with Crippen LogP contribution in [0.3, 0.4) is 0 Å². The first-order valence-electron chi connectivity index (χ1n) is 8.95. The van der Waals surface area contributed by atoms with Gasteiger partial charge in [0.2, 0.25) is 5.91 Å². The molecular formula is C19H24N4O2. The number of nitrogens with zero attached hydrogens (tertiary/aromatic N) is 3. The number of pyridine rings is 1. The first kappa shape index (κ1) is 16.3. The van der Waals surface area contributed by atoms with Gasteiger partial charge in [0, 0.05) is 37.8 Å². The van der Waals surface area contributed by atoms with Crippen LogP contribution in [0.15, 0.2) is 29.2 Å². The van der Waals surface area contributed by atoms with Gasteiger partial charge in [0.1, 0.15) is 5.65 Å². The smallest absolute Gasteiger partial charge is 0.258 e. The molecule has 1 saturated heterocycles. The summed E-state index contributed by atoms with van der Waals surface area (Å²) in [5.74, 6) is 1.27. The minimum absolute atomic E-state index is 0.0352. The standard InChI is InChI=1S/C19H24N4O2/c1-12-3-4-17-21-15(8-19(25)23(17)10-12)11-22(2)16-5-13-7-18(24)20-9-14(13)6-16/h3-4,8,10,13-14,16H,5-7,9,11H2,1-2H3,(H,20,24)/t13-,14+,16-/m1/s1. The van der Waals surface area contributed by atoms with Crippen LogP contribution in [-0.4, -0.2) is 39.8 Å². The number of carbonyl (C=O) groups is 1. The van der Waals surface area contributed by atoms with Gasteiger partial charge < -0.3 is 5.32 Å². The Morgan fingerprint density at radius 3 is 2.92 bits per heavy atom.